The van der Waals surface area contributed by atoms with E-state index in [4.69, 9.17) is 4.74 Å². The normalized spacial score (nSPS) is 9.80. The lowest BCUT2D eigenvalue weighted by Crippen LogP contribution is -1.95. The summed E-state index contributed by atoms with van der Waals surface area (Å²) in [6, 6.07) is 2.00. The van der Waals surface area contributed by atoms with E-state index < -0.39 is 0 Å². The predicted octanol–water partition coefficient (Wildman–Crippen LogP) is 2.11. The molecule has 0 unspecified atom stereocenters. The molecule has 1 heterocycles. The van der Waals surface area contributed by atoms with E-state index in [9.17, 15) is 0 Å². The van der Waals surface area contributed by atoms with Gasteiger partial charge in [0.1, 0.15) is 0 Å². The van der Waals surface area contributed by atoms with Crippen LogP contribution in [0.15, 0.2) is 12.3 Å². The Hall–Kier alpha value is -0.920. The minimum absolute atomic E-state index is 0.793. The van der Waals surface area contributed by atoms with Crippen LogP contribution >= 0.6 is 0 Å². The molecule has 0 bridgehead atoms. The molecule has 0 aromatic carbocycles. The molecule has 0 saturated heterocycles. The van der Waals surface area contributed by atoms with Crippen molar-refractivity contribution in [2.75, 3.05) is 6.61 Å². The van der Waals surface area contributed by atoms with Gasteiger partial charge in [0.05, 0.1) is 6.61 Å². The van der Waals surface area contributed by atoms with Crippen molar-refractivity contribution in [1.29, 1.82) is 0 Å². The van der Waals surface area contributed by atoms with Gasteiger partial charge in [-0.1, -0.05) is 6.92 Å². The quantitative estimate of drug-likeness (QED) is 0.681. The van der Waals surface area contributed by atoms with Crippen LogP contribution in [-0.2, 0) is 0 Å². The third-order valence-electron chi connectivity index (χ3n) is 1.36. The zero-order chi connectivity index (χ0) is 7.40. The summed E-state index contributed by atoms with van der Waals surface area (Å²) in [7, 11) is 0. The van der Waals surface area contributed by atoms with E-state index in [2.05, 4.69) is 11.9 Å². The topological polar surface area (TPSA) is 25.0 Å². The standard InChI is InChI=1S/C8H13NO/c1-3-6-10-8-7(2)4-5-9-8/h4-5,9H,3,6H2,1-2H3. The van der Waals surface area contributed by atoms with Gasteiger partial charge in [-0.3, -0.25) is 0 Å². The lowest BCUT2D eigenvalue weighted by atomic mass is 10.4. The van der Waals surface area contributed by atoms with Gasteiger partial charge in [-0.25, -0.2) is 0 Å². The zero-order valence-corrected chi connectivity index (χ0v) is 6.48. The molecular weight excluding hydrogens is 126 g/mol. The molecule has 0 aliphatic heterocycles. The fourth-order valence-electron chi connectivity index (χ4n) is 0.792. The van der Waals surface area contributed by atoms with Gasteiger partial charge in [0.2, 0.25) is 0 Å². The van der Waals surface area contributed by atoms with Crippen LogP contribution in [0.2, 0.25) is 0 Å². The Labute approximate surface area is 61.2 Å². The van der Waals surface area contributed by atoms with Gasteiger partial charge in [-0.05, 0) is 19.4 Å². The summed E-state index contributed by atoms with van der Waals surface area (Å²) in [6.07, 6.45) is 2.94. The smallest absolute Gasteiger partial charge is 0.193 e. The first-order chi connectivity index (χ1) is 4.84. The van der Waals surface area contributed by atoms with Crippen LogP contribution in [-0.4, -0.2) is 11.6 Å². The van der Waals surface area contributed by atoms with Crippen LogP contribution in [0.25, 0.3) is 0 Å². The summed E-state index contributed by atoms with van der Waals surface area (Å²) in [5.41, 5.74) is 1.17. The Morgan fingerprint density at radius 3 is 2.90 bits per heavy atom. The number of aryl methyl sites for hydroxylation is 1. The SMILES string of the molecule is CCCOc1[nH]ccc1C. The van der Waals surface area contributed by atoms with E-state index in [-0.39, 0.29) is 0 Å². The largest absolute Gasteiger partial charge is 0.479 e. The van der Waals surface area contributed by atoms with Crippen LogP contribution in [0.5, 0.6) is 5.88 Å². The zero-order valence-electron chi connectivity index (χ0n) is 6.48. The fourth-order valence-corrected chi connectivity index (χ4v) is 0.792. The van der Waals surface area contributed by atoms with E-state index in [1.54, 1.807) is 0 Å². The van der Waals surface area contributed by atoms with Crippen molar-refractivity contribution < 1.29 is 4.74 Å². The first-order valence-corrected chi connectivity index (χ1v) is 3.61. The highest BCUT2D eigenvalue weighted by Gasteiger charge is 1.96. The van der Waals surface area contributed by atoms with Gasteiger partial charge in [0, 0.05) is 11.8 Å². The maximum Gasteiger partial charge on any atom is 0.193 e. The second-order valence-corrected chi connectivity index (χ2v) is 2.34. The molecule has 0 radical (unpaired) electrons. The van der Waals surface area contributed by atoms with Gasteiger partial charge in [-0.15, -0.1) is 0 Å². The molecule has 0 spiro atoms. The minimum Gasteiger partial charge on any atom is -0.479 e. The number of aromatic nitrogens is 1. The van der Waals surface area contributed by atoms with E-state index in [0.717, 1.165) is 18.9 Å². The Morgan fingerprint density at radius 2 is 2.40 bits per heavy atom. The van der Waals surface area contributed by atoms with Crippen molar-refractivity contribution >= 4 is 0 Å². The molecular formula is C8H13NO. The van der Waals surface area contributed by atoms with Gasteiger partial charge >= 0.3 is 0 Å². The van der Waals surface area contributed by atoms with Gasteiger partial charge in [0.15, 0.2) is 5.88 Å². The molecule has 1 N–H and O–H groups in total. The molecule has 56 valence electrons. The summed E-state index contributed by atoms with van der Waals surface area (Å²) >= 11 is 0. The summed E-state index contributed by atoms with van der Waals surface area (Å²) in [4.78, 5) is 3.02. The monoisotopic (exact) mass is 139 g/mol. The van der Waals surface area contributed by atoms with Crippen molar-refractivity contribution in [2.45, 2.75) is 20.3 Å². The lowest BCUT2D eigenvalue weighted by molar-refractivity contribution is 0.305. The summed E-state index contributed by atoms with van der Waals surface area (Å²) in [6.45, 7) is 4.92. The summed E-state index contributed by atoms with van der Waals surface area (Å²) in [5.74, 6) is 0.904. The number of aromatic amines is 1. The number of nitrogens with one attached hydrogen (secondary N) is 1. The average Bonchev–Trinajstić information content (AvgIpc) is 2.31. The lowest BCUT2D eigenvalue weighted by Gasteiger charge is -2.01. The average molecular weight is 139 g/mol. The van der Waals surface area contributed by atoms with E-state index >= 15 is 0 Å². The van der Waals surface area contributed by atoms with E-state index in [0.29, 0.717) is 0 Å². The molecule has 0 aliphatic rings. The first-order valence-electron chi connectivity index (χ1n) is 3.61. The first kappa shape index (κ1) is 7.19. The molecule has 0 fully saturated rings. The van der Waals surface area contributed by atoms with Crippen LogP contribution in [0.3, 0.4) is 0 Å². The fraction of sp³-hybridized carbons (Fsp3) is 0.500. The molecule has 1 aromatic heterocycles. The van der Waals surface area contributed by atoms with Crippen LogP contribution in [0.4, 0.5) is 0 Å². The summed E-state index contributed by atoms with van der Waals surface area (Å²) in [5, 5.41) is 0. The van der Waals surface area contributed by atoms with Gasteiger partial charge in [-0.2, -0.15) is 0 Å². The second-order valence-electron chi connectivity index (χ2n) is 2.34. The Balaban J connectivity index is 2.49. The van der Waals surface area contributed by atoms with Crippen LogP contribution in [0, 0.1) is 6.92 Å². The van der Waals surface area contributed by atoms with Crippen LogP contribution < -0.4 is 4.74 Å². The molecule has 0 aliphatic carbocycles. The number of hydrogen-bond donors (Lipinski definition) is 1. The number of hydrogen-bond acceptors (Lipinski definition) is 1. The molecule has 1 rings (SSSR count). The van der Waals surface area contributed by atoms with Crippen molar-refractivity contribution in [3.8, 4) is 5.88 Å². The third kappa shape index (κ3) is 1.53. The van der Waals surface area contributed by atoms with Crippen molar-refractivity contribution in [3.05, 3.63) is 17.8 Å². The molecule has 0 atom stereocenters. The maximum absolute atomic E-state index is 5.37. The Morgan fingerprint density at radius 1 is 1.60 bits per heavy atom. The molecule has 2 heteroatoms. The van der Waals surface area contributed by atoms with Crippen molar-refractivity contribution in [1.82, 2.24) is 4.98 Å². The third-order valence-corrected chi connectivity index (χ3v) is 1.36. The van der Waals surface area contributed by atoms with E-state index in [1.165, 1.54) is 5.56 Å². The van der Waals surface area contributed by atoms with Crippen molar-refractivity contribution in [3.63, 3.8) is 0 Å². The highest BCUT2D eigenvalue weighted by atomic mass is 16.5. The summed E-state index contributed by atoms with van der Waals surface area (Å²) < 4.78 is 5.37. The Bertz CT molecular complexity index is 193. The minimum atomic E-state index is 0.793. The maximum atomic E-state index is 5.37. The Kier molecular flexibility index (Phi) is 2.37. The van der Waals surface area contributed by atoms with E-state index in [1.807, 2.05) is 19.2 Å². The van der Waals surface area contributed by atoms with Crippen molar-refractivity contribution in [2.24, 2.45) is 0 Å². The molecule has 10 heavy (non-hydrogen) atoms. The predicted molar refractivity (Wildman–Crippen MR) is 41.3 cm³/mol. The number of rotatable bonds is 3. The highest BCUT2D eigenvalue weighted by Crippen LogP contribution is 2.13. The van der Waals surface area contributed by atoms with Crippen LogP contribution in [0.1, 0.15) is 18.9 Å². The molecule has 1 aromatic rings. The second kappa shape index (κ2) is 3.30. The van der Waals surface area contributed by atoms with Gasteiger partial charge in [0.25, 0.3) is 0 Å². The number of H-pyrrole nitrogens is 1. The number of ether oxygens (including phenoxy) is 1. The highest BCUT2D eigenvalue weighted by molar-refractivity contribution is 5.24. The molecule has 2 nitrogen and oxygen atoms in total. The molecule has 0 amide bonds. The van der Waals surface area contributed by atoms with Gasteiger partial charge < -0.3 is 9.72 Å². The molecule has 0 saturated carbocycles.